The number of halogens is 1. The lowest BCUT2D eigenvalue weighted by atomic mass is 9.89. The van der Waals surface area contributed by atoms with Crippen LogP contribution in [0.5, 0.6) is 0 Å². The smallest absolute Gasteiger partial charge is 0.339 e. The van der Waals surface area contributed by atoms with E-state index in [1.165, 1.54) is 47.7 Å². The van der Waals surface area contributed by atoms with E-state index in [2.05, 4.69) is 18.3 Å². The Morgan fingerprint density at radius 2 is 1.97 bits per heavy atom. The van der Waals surface area contributed by atoms with Crippen molar-refractivity contribution in [2.24, 2.45) is 5.92 Å². The molecule has 0 radical (unpaired) electrons. The van der Waals surface area contributed by atoms with Crippen molar-refractivity contribution in [1.82, 2.24) is 0 Å². The molecule has 1 heterocycles. The Bertz CT molecular complexity index is 1480. The molecule has 0 saturated heterocycles. The fraction of sp³-hybridized carbons (Fsp3) is 0.231. The topological polar surface area (TPSA) is 139 Å². The largest absolute Gasteiger partial charge is 0.452 e. The Morgan fingerprint density at radius 1 is 1.24 bits per heavy atom. The summed E-state index contributed by atoms with van der Waals surface area (Å²) in [5.41, 5.74) is 0.791. The van der Waals surface area contributed by atoms with Crippen LogP contribution >= 0.6 is 22.9 Å². The predicted octanol–water partition coefficient (Wildman–Crippen LogP) is 5.33. The van der Waals surface area contributed by atoms with Gasteiger partial charge in [0.1, 0.15) is 16.1 Å². The standard InChI is InChI=1S/C26H20ClN3O6S/c1-14-6-8-16-19(12-28)25(37-22(16)10-14)29-23(31)13-36-26(33)18-5-3-2-4-17(18)24(32)15-7-9-20(27)21(11-15)30(34)35/h2-5,7,9,11,14H,6,8,10,13H2,1H3,(H,29,31). The molecular weight excluding hydrogens is 518 g/mol. The zero-order valence-corrected chi connectivity index (χ0v) is 21.1. The molecule has 11 heteroatoms. The molecule has 37 heavy (non-hydrogen) atoms. The maximum atomic E-state index is 13.0. The number of fused-ring (bicyclic) bond motifs is 1. The zero-order valence-electron chi connectivity index (χ0n) is 19.6. The number of esters is 1. The first kappa shape index (κ1) is 26.0. The number of nitrogens with one attached hydrogen (secondary N) is 1. The van der Waals surface area contributed by atoms with E-state index in [1.54, 1.807) is 0 Å². The summed E-state index contributed by atoms with van der Waals surface area (Å²) in [7, 11) is 0. The summed E-state index contributed by atoms with van der Waals surface area (Å²) in [6.45, 7) is 1.51. The quantitative estimate of drug-likeness (QED) is 0.186. The average Bonchev–Trinajstić information content (AvgIpc) is 3.22. The summed E-state index contributed by atoms with van der Waals surface area (Å²) in [5, 5.41) is 23.7. The predicted molar refractivity (Wildman–Crippen MR) is 137 cm³/mol. The highest BCUT2D eigenvalue weighted by Crippen LogP contribution is 2.39. The van der Waals surface area contributed by atoms with Crippen LogP contribution in [0.1, 0.15) is 55.6 Å². The molecule has 1 unspecified atom stereocenters. The van der Waals surface area contributed by atoms with Gasteiger partial charge < -0.3 is 10.1 Å². The van der Waals surface area contributed by atoms with E-state index in [9.17, 15) is 29.8 Å². The molecule has 0 fully saturated rings. The molecule has 1 amide bonds. The molecule has 0 spiro atoms. The minimum absolute atomic E-state index is 0.0332. The van der Waals surface area contributed by atoms with Crippen molar-refractivity contribution < 1.29 is 24.0 Å². The number of benzene rings is 2. The third-order valence-electron chi connectivity index (χ3n) is 6.01. The Labute approximate surface area is 220 Å². The van der Waals surface area contributed by atoms with Crippen molar-refractivity contribution in [3.05, 3.63) is 90.3 Å². The highest BCUT2D eigenvalue weighted by molar-refractivity contribution is 7.16. The highest BCUT2D eigenvalue weighted by atomic mass is 35.5. The van der Waals surface area contributed by atoms with Gasteiger partial charge in [0.05, 0.1) is 16.1 Å². The van der Waals surface area contributed by atoms with Crippen molar-refractivity contribution in [1.29, 1.82) is 5.26 Å². The summed E-state index contributed by atoms with van der Waals surface area (Å²) in [5.74, 6) is -1.67. The second kappa shape index (κ2) is 10.9. The number of carbonyl (C=O) groups is 3. The van der Waals surface area contributed by atoms with E-state index in [0.717, 1.165) is 35.8 Å². The number of ketones is 1. The zero-order chi connectivity index (χ0) is 26.7. The fourth-order valence-corrected chi connectivity index (χ4v) is 5.70. The number of nitrogens with zero attached hydrogens (tertiary/aromatic N) is 2. The number of ether oxygens (including phenoxy) is 1. The minimum atomic E-state index is -0.914. The number of nitro groups is 1. The SMILES string of the molecule is CC1CCc2c(sc(NC(=O)COC(=O)c3ccccc3C(=O)c3ccc(Cl)c([N+](=O)[O-])c3)c2C#N)C1. The summed E-state index contributed by atoms with van der Waals surface area (Å²) < 4.78 is 5.15. The maximum absolute atomic E-state index is 13.0. The molecule has 2 aromatic carbocycles. The van der Waals surface area contributed by atoms with Crippen LogP contribution in [0, 0.1) is 27.4 Å². The highest BCUT2D eigenvalue weighted by Gasteiger charge is 2.26. The van der Waals surface area contributed by atoms with Crippen molar-refractivity contribution in [3.8, 4) is 6.07 Å². The van der Waals surface area contributed by atoms with Gasteiger partial charge in [-0.05, 0) is 48.9 Å². The number of amides is 1. The minimum Gasteiger partial charge on any atom is -0.452 e. The van der Waals surface area contributed by atoms with Gasteiger partial charge in [0, 0.05) is 22.1 Å². The number of nitro benzene ring substituents is 1. The molecule has 4 rings (SSSR count). The van der Waals surface area contributed by atoms with Gasteiger partial charge >= 0.3 is 5.97 Å². The molecule has 9 nitrogen and oxygen atoms in total. The van der Waals surface area contributed by atoms with Gasteiger partial charge in [-0.25, -0.2) is 4.79 Å². The molecule has 1 aliphatic carbocycles. The van der Waals surface area contributed by atoms with Crippen LogP contribution in [-0.4, -0.2) is 29.2 Å². The molecule has 1 aromatic heterocycles. The molecule has 1 atom stereocenters. The molecule has 0 aliphatic heterocycles. The number of carbonyl (C=O) groups excluding carboxylic acids is 3. The van der Waals surface area contributed by atoms with Crippen LogP contribution in [0.2, 0.25) is 5.02 Å². The third kappa shape index (κ3) is 5.53. The van der Waals surface area contributed by atoms with Crippen LogP contribution < -0.4 is 5.32 Å². The first-order chi connectivity index (χ1) is 17.7. The molecule has 0 bridgehead atoms. The maximum Gasteiger partial charge on any atom is 0.339 e. The Hall–Kier alpha value is -4.07. The van der Waals surface area contributed by atoms with Crippen LogP contribution in [-0.2, 0) is 22.4 Å². The summed E-state index contributed by atoms with van der Waals surface area (Å²) in [6.07, 6.45) is 2.61. The lowest BCUT2D eigenvalue weighted by Gasteiger charge is -2.17. The molecule has 1 aliphatic rings. The number of rotatable bonds is 7. The number of hydrogen-bond acceptors (Lipinski definition) is 8. The van der Waals surface area contributed by atoms with Crippen LogP contribution in [0.4, 0.5) is 10.7 Å². The van der Waals surface area contributed by atoms with Gasteiger partial charge in [0.15, 0.2) is 12.4 Å². The van der Waals surface area contributed by atoms with Crippen molar-refractivity contribution in [2.45, 2.75) is 26.2 Å². The Kier molecular flexibility index (Phi) is 7.66. The monoisotopic (exact) mass is 537 g/mol. The van der Waals surface area contributed by atoms with Crippen LogP contribution in [0.25, 0.3) is 0 Å². The van der Waals surface area contributed by atoms with Gasteiger partial charge in [-0.2, -0.15) is 5.26 Å². The summed E-state index contributed by atoms with van der Waals surface area (Å²) >= 11 is 7.19. The van der Waals surface area contributed by atoms with Crippen molar-refractivity contribution >= 4 is 51.3 Å². The van der Waals surface area contributed by atoms with Crippen molar-refractivity contribution in [2.75, 3.05) is 11.9 Å². The van der Waals surface area contributed by atoms with E-state index in [4.69, 9.17) is 16.3 Å². The van der Waals surface area contributed by atoms with Crippen LogP contribution in [0.3, 0.4) is 0 Å². The average molecular weight is 538 g/mol. The number of hydrogen-bond donors (Lipinski definition) is 1. The van der Waals surface area contributed by atoms with Crippen molar-refractivity contribution in [3.63, 3.8) is 0 Å². The molecule has 0 saturated carbocycles. The molecule has 3 aromatic rings. The third-order valence-corrected chi connectivity index (χ3v) is 7.50. The van der Waals surface area contributed by atoms with Gasteiger partial charge in [-0.1, -0.05) is 36.7 Å². The lowest BCUT2D eigenvalue weighted by molar-refractivity contribution is -0.384. The Morgan fingerprint density at radius 3 is 2.68 bits per heavy atom. The summed E-state index contributed by atoms with van der Waals surface area (Å²) in [6, 6.07) is 11.6. The van der Waals surface area contributed by atoms with Crippen LogP contribution in [0.15, 0.2) is 42.5 Å². The van der Waals surface area contributed by atoms with E-state index in [-0.39, 0.29) is 21.7 Å². The first-order valence-corrected chi connectivity index (χ1v) is 12.5. The lowest BCUT2D eigenvalue weighted by Crippen LogP contribution is -2.22. The van der Waals surface area contributed by atoms with E-state index < -0.39 is 34.9 Å². The molecule has 1 N–H and O–H groups in total. The first-order valence-electron chi connectivity index (χ1n) is 11.3. The Balaban J connectivity index is 1.47. The van der Waals surface area contributed by atoms with Gasteiger partial charge in [-0.15, -0.1) is 11.3 Å². The van der Waals surface area contributed by atoms with E-state index in [0.29, 0.717) is 16.5 Å². The normalized spacial score (nSPS) is 14.2. The second-order valence-electron chi connectivity index (χ2n) is 8.59. The number of nitriles is 1. The number of anilines is 1. The van der Waals surface area contributed by atoms with E-state index >= 15 is 0 Å². The summed E-state index contributed by atoms with van der Waals surface area (Å²) in [4.78, 5) is 49.9. The van der Waals surface area contributed by atoms with Gasteiger partial charge in [-0.3, -0.25) is 19.7 Å². The number of thiophene rings is 1. The molecular formula is C26H20ClN3O6S. The molecule has 188 valence electrons. The fourth-order valence-electron chi connectivity index (χ4n) is 4.14. The van der Waals surface area contributed by atoms with Gasteiger partial charge in [0.25, 0.3) is 11.6 Å². The van der Waals surface area contributed by atoms with Gasteiger partial charge in [0.2, 0.25) is 0 Å². The van der Waals surface area contributed by atoms with E-state index in [1.807, 2.05) is 0 Å². The second-order valence-corrected chi connectivity index (χ2v) is 10.1.